The van der Waals surface area contributed by atoms with Gasteiger partial charge in [0.25, 0.3) is 5.91 Å². The average Bonchev–Trinajstić information content (AvgIpc) is 2.61. The maximum atomic E-state index is 12.5. The largest absolute Gasteiger partial charge is 0.493 e. The molecular weight excluding hydrogens is 330 g/mol. The summed E-state index contributed by atoms with van der Waals surface area (Å²) in [5, 5.41) is 2.85. The van der Waals surface area contributed by atoms with E-state index >= 15 is 0 Å². The maximum absolute atomic E-state index is 12.5. The first-order valence-electron chi connectivity index (χ1n) is 8.65. The van der Waals surface area contributed by atoms with Gasteiger partial charge >= 0.3 is 0 Å². The Morgan fingerprint density at radius 2 is 1.62 bits per heavy atom. The van der Waals surface area contributed by atoms with Crippen LogP contribution in [0.25, 0.3) is 0 Å². The number of benzene rings is 2. The molecule has 1 atom stereocenters. The molecule has 5 nitrogen and oxygen atoms in total. The first kappa shape index (κ1) is 19.6. The van der Waals surface area contributed by atoms with Crippen LogP contribution in [0.3, 0.4) is 0 Å². The van der Waals surface area contributed by atoms with Crippen molar-refractivity contribution in [2.24, 2.45) is 0 Å². The third kappa shape index (κ3) is 4.69. The van der Waals surface area contributed by atoms with E-state index in [9.17, 15) is 4.79 Å². The Hall–Kier alpha value is -2.69. The highest BCUT2D eigenvalue weighted by Crippen LogP contribution is 2.31. The lowest BCUT2D eigenvalue weighted by atomic mass is 10.0. The molecule has 140 valence electrons. The van der Waals surface area contributed by atoms with Crippen molar-refractivity contribution in [3.05, 3.63) is 47.5 Å². The standard InChI is InChI=1S/C21H27NO4/c1-13(2)17-9-7-14(3)11-19(17)26-15(4)21(23)22-16-8-10-18(24-5)20(12-16)25-6/h7-13,15H,1-6H3,(H,22,23)/t15-/m1/s1. The summed E-state index contributed by atoms with van der Waals surface area (Å²) in [5.41, 5.74) is 2.80. The zero-order valence-electron chi connectivity index (χ0n) is 16.3. The van der Waals surface area contributed by atoms with Gasteiger partial charge in [0.05, 0.1) is 14.2 Å². The summed E-state index contributed by atoms with van der Waals surface area (Å²) in [4.78, 5) is 12.5. The van der Waals surface area contributed by atoms with E-state index in [1.807, 2.05) is 19.1 Å². The van der Waals surface area contributed by atoms with Crippen molar-refractivity contribution in [3.63, 3.8) is 0 Å². The molecule has 0 saturated heterocycles. The summed E-state index contributed by atoms with van der Waals surface area (Å²) in [6, 6.07) is 11.3. The lowest BCUT2D eigenvalue weighted by Crippen LogP contribution is -2.30. The van der Waals surface area contributed by atoms with Crippen molar-refractivity contribution in [2.75, 3.05) is 19.5 Å². The number of carbonyl (C=O) groups is 1. The second-order valence-corrected chi connectivity index (χ2v) is 6.52. The fraction of sp³-hybridized carbons (Fsp3) is 0.381. The molecule has 2 aromatic carbocycles. The van der Waals surface area contributed by atoms with Gasteiger partial charge in [0.15, 0.2) is 17.6 Å². The van der Waals surface area contributed by atoms with Gasteiger partial charge < -0.3 is 19.5 Å². The number of methoxy groups -OCH3 is 2. The van der Waals surface area contributed by atoms with Crippen LogP contribution in [0, 0.1) is 6.92 Å². The monoisotopic (exact) mass is 357 g/mol. The van der Waals surface area contributed by atoms with Crippen LogP contribution in [0.15, 0.2) is 36.4 Å². The SMILES string of the molecule is COc1ccc(NC(=O)[C@@H](C)Oc2cc(C)ccc2C(C)C)cc1OC. The summed E-state index contributed by atoms with van der Waals surface area (Å²) >= 11 is 0. The van der Waals surface area contributed by atoms with Crippen LogP contribution in [0.1, 0.15) is 37.8 Å². The Balaban J connectivity index is 2.12. The number of carbonyl (C=O) groups excluding carboxylic acids is 1. The minimum Gasteiger partial charge on any atom is -0.493 e. The third-order valence-corrected chi connectivity index (χ3v) is 4.12. The lowest BCUT2D eigenvalue weighted by Gasteiger charge is -2.19. The zero-order chi connectivity index (χ0) is 19.3. The fourth-order valence-corrected chi connectivity index (χ4v) is 2.62. The van der Waals surface area contributed by atoms with Crippen molar-refractivity contribution in [1.82, 2.24) is 0 Å². The Labute approximate surface area is 155 Å². The van der Waals surface area contributed by atoms with Gasteiger partial charge in [-0.05, 0) is 49.1 Å². The summed E-state index contributed by atoms with van der Waals surface area (Å²) in [5.74, 6) is 1.99. The maximum Gasteiger partial charge on any atom is 0.265 e. The number of ether oxygens (including phenoxy) is 3. The van der Waals surface area contributed by atoms with Gasteiger partial charge in [0, 0.05) is 11.8 Å². The zero-order valence-corrected chi connectivity index (χ0v) is 16.3. The summed E-state index contributed by atoms with van der Waals surface area (Å²) in [6.45, 7) is 7.95. The summed E-state index contributed by atoms with van der Waals surface area (Å²) < 4.78 is 16.4. The average molecular weight is 357 g/mol. The molecule has 0 spiro atoms. The minimum absolute atomic E-state index is 0.228. The molecule has 2 aromatic rings. The van der Waals surface area contributed by atoms with E-state index in [-0.39, 0.29) is 5.91 Å². The molecule has 5 heteroatoms. The quantitative estimate of drug-likeness (QED) is 0.790. The third-order valence-electron chi connectivity index (χ3n) is 4.12. The predicted molar refractivity (Wildman–Crippen MR) is 104 cm³/mol. The molecule has 0 fully saturated rings. The van der Waals surface area contributed by atoms with Crippen LogP contribution in [0.4, 0.5) is 5.69 Å². The highest BCUT2D eigenvalue weighted by Gasteiger charge is 2.18. The van der Waals surface area contributed by atoms with Crippen LogP contribution in [-0.2, 0) is 4.79 Å². The highest BCUT2D eigenvalue weighted by atomic mass is 16.5. The number of rotatable bonds is 7. The Morgan fingerprint density at radius 3 is 2.23 bits per heavy atom. The first-order chi connectivity index (χ1) is 12.3. The second-order valence-electron chi connectivity index (χ2n) is 6.52. The number of amides is 1. The molecule has 0 bridgehead atoms. The van der Waals surface area contributed by atoms with Crippen molar-refractivity contribution in [2.45, 2.75) is 39.7 Å². The molecule has 0 aromatic heterocycles. The van der Waals surface area contributed by atoms with E-state index in [1.165, 1.54) is 0 Å². The molecule has 0 aliphatic rings. The molecule has 0 unspecified atom stereocenters. The van der Waals surface area contributed by atoms with E-state index in [0.29, 0.717) is 23.1 Å². The second kappa shape index (κ2) is 8.61. The predicted octanol–water partition coefficient (Wildman–Crippen LogP) is 4.54. The van der Waals surface area contributed by atoms with Crippen LogP contribution < -0.4 is 19.5 Å². The molecule has 0 radical (unpaired) electrons. The number of nitrogens with one attached hydrogen (secondary N) is 1. The van der Waals surface area contributed by atoms with Crippen LogP contribution in [-0.4, -0.2) is 26.2 Å². The van der Waals surface area contributed by atoms with Crippen LogP contribution >= 0.6 is 0 Å². The van der Waals surface area contributed by atoms with Crippen LogP contribution in [0.2, 0.25) is 0 Å². The van der Waals surface area contributed by atoms with Crippen molar-refractivity contribution in [3.8, 4) is 17.2 Å². The Bertz CT molecular complexity index is 771. The Morgan fingerprint density at radius 1 is 0.923 bits per heavy atom. The molecule has 0 aliphatic carbocycles. The van der Waals surface area contributed by atoms with Gasteiger partial charge in [0.2, 0.25) is 0 Å². The van der Waals surface area contributed by atoms with Crippen LogP contribution in [0.5, 0.6) is 17.2 Å². The van der Waals surface area contributed by atoms with Gasteiger partial charge in [-0.3, -0.25) is 4.79 Å². The molecule has 1 amide bonds. The molecular formula is C21H27NO4. The van der Waals surface area contributed by atoms with E-state index in [1.54, 1.807) is 39.3 Å². The van der Waals surface area contributed by atoms with Crippen molar-refractivity contribution in [1.29, 1.82) is 0 Å². The van der Waals surface area contributed by atoms with Gasteiger partial charge in [0.1, 0.15) is 5.75 Å². The number of hydrogen-bond acceptors (Lipinski definition) is 4. The number of anilines is 1. The molecule has 0 heterocycles. The highest BCUT2D eigenvalue weighted by molar-refractivity contribution is 5.94. The van der Waals surface area contributed by atoms with Gasteiger partial charge in [-0.15, -0.1) is 0 Å². The van der Waals surface area contributed by atoms with Gasteiger partial charge in [-0.2, -0.15) is 0 Å². The van der Waals surface area contributed by atoms with E-state index in [0.717, 1.165) is 16.9 Å². The summed E-state index contributed by atoms with van der Waals surface area (Å²) in [7, 11) is 3.13. The smallest absolute Gasteiger partial charge is 0.265 e. The van der Waals surface area contributed by atoms with Gasteiger partial charge in [-0.1, -0.05) is 26.0 Å². The summed E-state index contributed by atoms with van der Waals surface area (Å²) in [6.07, 6.45) is -0.637. The molecule has 0 aliphatic heterocycles. The lowest BCUT2D eigenvalue weighted by molar-refractivity contribution is -0.122. The van der Waals surface area contributed by atoms with Gasteiger partial charge in [-0.25, -0.2) is 0 Å². The Kier molecular flexibility index (Phi) is 6.50. The molecule has 2 rings (SSSR count). The fourth-order valence-electron chi connectivity index (χ4n) is 2.62. The molecule has 1 N–H and O–H groups in total. The van der Waals surface area contributed by atoms with E-state index < -0.39 is 6.10 Å². The van der Waals surface area contributed by atoms with Crippen molar-refractivity contribution >= 4 is 11.6 Å². The minimum atomic E-state index is -0.637. The topological polar surface area (TPSA) is 56.8 Å². The van der Waals surface area contributed by atoms with E-state index in [4.69, 9.17) is 14.2 Å². The molecule has 0 saturated carbocycles. The molecule has 26 heavy (non-hydrogen) atoms. The first-order valence-corrected chi connectivity index (χ1v) is 8.65. The van der Waals surface area contributed by atoms with Crippen molar-refractivity contribution < 1.29 is 19.0 Å². The normalized spacial score (nSPS) is 11.8. The number of hydrogen-bond donors (Lipinski definition) is 1. The van der Waals surface area contributed by atoms with E-state index in [2.05, 4.69) is 25.2 Å². The number of aryl methyl sites for hydroxylation is 1.